The lowest BCUT2D eigenvalue weighted by atomic mass is 10.2. The first-order valence-corrected chi connectivity index (χ1v) is 10.9. The second-order valence-corrected chi connectivity index (χ2v) is 8.13. The van der Waals surface area contributed by atoms with Gasteiger partial charge in [-0.25, -0.2) is 17.9 Å². The Kier molecular flexibility index (Phi) is 7.55. The molecule has 0 fully saturated rings. The molecule has 3 aromatic rings. The molecule has 0 saturated heterocycles. The Morgan fingerprint density at radius 2 is 1.97 bits per heavy atom. The number of benzene rings is 2. The van der Waals surface area contributed by atoms with Gasteiger partial charge in [-0.2, -0.15) is 13.8 Å². The summed E-state index contributed by atoms with van der Waals surface area (Å²) >= 11 is 0. The fourth-order valence-electron chi connectivity index (χ4n) is 2.70. The number of nitrogens with one attached hydrogen (secondary N) is 1. The van der Waals surface area contributed by atoms with E-state index in [9.17, 15) is 22.0 Å². The van der Waals surface area contributed by atoms with Crippen LogP contribution in [0.15, 0.2) is 51.9 Å². The van der Waals surface area contributed by atoms with Crippen LogP contribution < -0.4 is 14.2 Å². The average molecular weight is 483 g/mol. The lowest BCUT2D eigenvalue weighted by Gasteiger charge is -2.10. The van der Waals surface area contributed by atoms with Crippen molar-refractivity contribution < 1.29 is 40.7 Å². The molecule has 0 aliphatic carbocycles. The standard InChI is InChI=1S/C20H19F2N3O7S/c1-3-23-33(27,28)14-6-4-5-13(9-14)19(26)30-11-17-24-18(25-32-17)12-7-8-15(31-20(21)22)16(10-12)29-2/h4-10,20,23H,3,11H2,1-2H3. The van der Waals surface area contributed by atoms with Gasteiger partial charge in [0.05, 0.1) is 17.6 Å². The first-order valence-electron chi connectivity index (χ1n) is 9.46. The number of aromatic nitrogens is 2. The van der Waals surface area contributed by atoms with Gasteiger partial charge in [0, 0.05) is 12.1 Å². The highest BCUT2D eigenvalue weighted by atomic mass is 32.2. The maximum Gasteiger partial charge on any atom is 0.387 e. The maximum atomic E-state index is 12.5. The third kappa shape index (κ3) is 6.02. The Bertz CT molecular complexity index is 1230. The summed E-state index contributed by atoms with van der Waals surface area (Å²) < 4.78 is 71.0. The van der Waals surface area contributed by atoms with E-state index in [4.69, 9.17) is 14.0 Å². The number of esters is 1. The Labute approximate surface area is 187 Å². The Morgan fingerprint density at radius 1 is 1.18 bits per heavy atom. The van der Waals surface area contributed by atoms with Crippen LogP contribution in [0.2, 0.25) is 0 Å². The number of carbonyl (C=O) groups excluding carboxylic acids is 1. The molecule has 33 heavy (non-hydrogen) atoms. The normalized spacial score (nSPS) is 11.4. The molecule has 0 saturated carbocycles. The lowest BCUT2D eigenvalue weighted by molar-refractivity contribution is -0.0512. The van der Waals surface area contributed by atoms with Crippen LogP contribution in [0.3, 0.4) is 0 Å². The highest BCUT2D eigenvalue weighted by Crippen LogP contribution is 2.32. The molecular formula is C20H19F2N3O7S. The topological polar surface area (TPSA) is 130 Å². The minimum absolute atomic E-state index is 0.0214. The Hall–Kier alpha value is -3.58. The monoisotopic (exact) mass is 483 g/mol. The van der Waals surface area contributed by atoms with Crippen molar-refractivity contribution in [3.05, 3.63) is 53.9 Å². The van der Waals surface area contributed by atoms with Crippen LogP contribution in [0, 0.1) is 0 Å². The van der Waals surface area contributed by atoms with E-state index >= 15 is 0 Å². The van der Waals surface area contributed by atoms with Gasteiger partial charge in [-0.1, -0.05) is 18.1 Å². The molecule has 0 bridgehead atoms. The highest BCUT2D eigenvalue weighted by molar-refractivity contribution is 7.89. The second-order valence-electron chi connectivity index (χ2n) is 6.36. The third-order valence-corrected chi connectivity index (χ3v) is 5.69. The number of halogens is 2. The van der Waals surface area contributed by atoms with E-state index < -0.39 is 22.6 Å². The Morgan fingerprint density at radius 3 is 2.67 bits per heavy atom. The number of sulfonamides is 1. The van der Waals surface area contributed by atoms with Crippen LogP contribution >= 0.6 is 0 Å². The van der Waals surface area contributed by atoms with Crippen molar-refractivity contribution in [3.8, 4) is 22.9 Å². The molecule has 0 unspecified atom stereocenters. The van der Waals surface area contributed by atoms with E-state index in [0.717, 1.165) is 0 Å². The van der Waals surface area contributed by atoms with Crippen molar-refractivity contribution in [3.63, 3.8) is 0 Å². The molecule has 3 rings (SSSR count). The van der Waals surface area contributed by atoms with Gasteiger partial charge in [0.2, 0.25) is 15.8 Å². The second kappa shape index (κ2) is 10.4. The van der Waals surface area contributed by atoms with E-state index in [1.54, 1.807) is 6.92 Å². The van der Waals surface area contributed by atoms with Crippen molar-refractivity contribution in [2.45, 2.75) is 25.0 Å². The molecule has 0 spiro atoms. The van der Waals surface area contributed by atoms with Crippen molar-refractivity contribution in [2.24, 2.45) is 0 Å². The van der Waals surface area contributed by atoms with Gasteiger partial charge in [0.15, 0.2) is 18.1 Å². The highest BCUT2D eigenvalue weighted by Gasteiger charge is 2.18. The molecule has 1 aromatic heterocycles. The molecule has 0 atom stereocenters. The molecule has 1 N–H and O–H groups in total. The van der Waals surface area contributed by atoms with Crippen LogP contribution in [-0.4, -0.2) is 44.8 Å². The van der Waals surface area contributed by atoms with Gasteiger partial charge in [-0.3, -0.25) is 0 Å². The van der Waals surface area contributed by atoms with Crippen LogP contribution in [0.4, 0.5) is 8.78 Å². The quantitative estimate of drug-likeness (QED) is 0.433. The first kappa shape index (κ1) is 24.1. The fourth-order valence-corrected chi connectivity index (χ4v) is 3.79. The summed E-state index contributed by atoms with van der Waals surface area (Å²) in [4.78, 5) is 16.3. The van der Waals surface area contributed by atoms with Gasteiger partial charge < -0.3 is 18.7 Å². The van der Waals surface area contributed by atoms with Crippen molar-refractivity contribution in [1.82, 2.24) is 14.9 Å². The molecule has 2 aromatic carbocycles. The van der Waals surface area contributed by atoms with Crippen LogP contribution in [0.5, 0.6) is 11.5 Å². The summed E-state index contributed by atoms with van der Waals surface area (Å²) in [6.07, 6.45) is 0. The van der Waals surface area contributed by atoms with Crippen LogP contribution in [0.25, 0.3) is 11.4 Å². The van der Waals surface area contributed by atoms with Gasteiger partial charge in [0.25, 0.3) is 5.89 Å². The van der Waals surface area contributed by atoms with Crippen molar-refractivity contribution in [2.75, 3.05) is 13.7 Å². The summed E-state index contributed by atoms with van der Waals surface area (Å²) in [6.45, 7) is -1.56. The Balaban J connectivity index is 1.69. The average Bonchev–Trinajstić information content (AvgIpc) is 3.26. The van der Waals surface area contributed by atoms with Crippen LogP contribution in [-0.2, 0) is 21.4 Å². The number of hydrogen-bond acceptors (Lipinski definition) is 9. The largest absolute Gasteiger partial charge is 0.493 e. The van der Waals surface area contributed by atoms with Gasteiger partial charge in [-0.15, -0.1) is 0 Å². The van der Waals surface area contributed by atoms with Gasteiger partial charge >= 0.3 is 12.6 Å². The molecule has 0 aliphatic rings. The molecule has 10 nitrogen and oxygen atoms in total. The summed E-state index contributed by atoms with van der Waals surface area (Å²) in [5.41, 5.74) is 0.407. The molecular weight excluding hydrogens is 464 g/mol. The van der Waals surface area contributed by atoms with E-state index in [1.807, 2.05) is 0 Å². The minimum atomic E-state index is -3.74. The predicted octanol–water partition coefficient (Wildman–Crippen LogP) is 3.00. The van der Waals surface area contributed by atoms with E-state index in [1.165, 1.54) is 49.6 Å². The van der Waals surface area contributed by atoms with Crippen molar-refractivity contribution in [1.29, 1.82) is 0 Å². The maximum absolute atomic E-state index is 12.5. The number of carbonyl (C=O) groups is 1. The van der Waals surface area contributed by atoms with Gasteiger partial charge in [0.1, 0.15) is 0 Å². The summed E-state index contributed by atoms with van der Waals surface area (Å²) in [5, 5.41) is 3.76. The van der Waals surface area contributed by atoms with E-state index in [0.29, 0.717) is 5.56 Å². The van der Waals surface area contributed by atoms with Gasteiger partial charge in [-0.05, 0) is 36.4 Å². The number of hydrogen-bond donors (Lipinski definition) is 1. The summed E-state index contributed by atoms with van der Waals surface area (Å²) in [6, 6.07) is 9.44. The number of methoxy groups -OCH3 is 1. The number of rotatable bonds is 10. The number of nitrogens with zero attached hydrogens (tertiary/aromatic N) is 2. The number of ether oxygens (including phenoxy) is 3. The summed E-state index contributed by atoms with van der Waals surface area (Å²) in [5.74, 6) is -0.855. The van der Waals surface area contributed by atoms with E-state index in [2.05, 4.69) is 19.6 Å². The molecule has 13 heteroatoms. The third-order valence-electron chi connectivity index (χ3n) is 4.15. The van der Waals surface area contributed by atoms with E-state index in [-0.39, 0.29) is 46.8 Å². The summed E-state index contributed by atoms with van der Waals surface area (Å²) in [7, 11) is -2.45. The molecule has 0 amide bonds. The lowest BCUT2D eigenvalue weighted by Crippen LogP contribution is -2.23. The smallest absolute Gasteiger partial charge is 0.387 e. The molecule has 1 heterocycles. The number of alkyl halides is 2. The molecule has 0 aliphatic heterocycles. The first-order chi connectivity index (χ1) is 15.7. The van der Waals surface area contributed by atoms with Crippen molar-refractivity contribution >= 4 is 16.0 Å². The zero-order chi connectivity index (χ0) is 24.0. The zero-order valence-corrected chi connectivity index (χ0v) is 18.3. The fraction of sp³-hybridized carbons (Fsp3) is 0.250. The van der Waals surface area contributed by atoms with Crippen LogP contribution in [0.1, 0.15) is 23.2 Å². The molecule has 0 radical (unpaired) electrons. The molecule has 176 valence electrons. The SMILES string of the molecule is CCNS(=O)(=O)c1cccc(C(=O)OCc2nc(-c3ccc(OC(F)F)c(OC)c3)no2)c1. The zero-order valence-electron chi connectivity index (χ0n) is 17.4. The minimum Gasteiger partial charge on any atom is -0.493 e. The predicted molar refractivity (Wildman–Crippen MR) is 109 cm³/mol.